The van der Waals surface area contributed by atoms with Gasteiger partial charge in [0, 0.05) is 17.4 Å². The van der Waals surface area contributed by atoms with Gasteiger partial charge in [0.25, 0.3) is 0 Å². The molecule has 0 spiro atoms. The van der Waals surface area contributed by atoms with Gasteiger partial charge in [-0.2, -0.15) is 0 Å². The molecule has 0 saturated carbocycles. The molecule has 2 aromatic rings. The Kier molecular flexibility index (Phi) is 3.83. The number of fused-ring (bicyclic) bond motifs is 1. The van der Waals surface area contributed by atoms with Crippen LogP contribution in [0.25, 0.3) is 0 Å². The fraction of sp³-hybridized carbons (Fsp3) is 0.188. The summed E-state index contributed by atoms with van der Waals surface area (Å²) in [5.41, 5.74) is 2.98. The summed E-state index contributed by atoms with van der Waals surface area (Å²) in [6, 6.07) is 13.0. The van der Waals surface area contributed by atoms with Crippen LogP contribution in [0.1, 0.15) is 12.5 Å². The molecular weight excluding hydrogens is 307 g/mol. The molecule has 1 aliphatic heterocycles. The Morgan fingerprint density at radius 2 is 2.10 bits per heavy atom. The highest BCUT2D eigenvalue weighted by atomic mass is 35.5. The first-order valence-corrected chi connectivity index (χ1v) is 7.48. The molecule has 3 rings (SSSR count). The summed E-state index contributed by atoms with van der Waals surface area (Å²) in [5.74, 6) is -0.459. The monoisotopic (exact) mass is 320 g/mol. The first kappa shape index (κ1) is 14.3. The zero-order valence-corrected chi connectivity index (χ0v) is 13.0. The molecule has 1 aliphatic rings. The van der Waals surface area contributed by atoms with E-state index in [1.165, 1.54) is 17.7 Å². The first-order chi connectivity index (χ1) is 10.1. The smallest absolute Gasteiger partial charge is 0.178 e. The average Bonchev–Trinajstić information content (AvgIpc) is 2.78. The number of para-hydroxylation sites is 1. The van der Waals surface area contributed by atoms with Gasteiger partial charge in [0.15, 0.2) is 5.11 Å². The van der Waals surface area contributed by atoms with Crippen LogP contribution in [0.3, 0.4) is 0 Å². The maximum absolute atomic E-state index is 13.5. The zero-order valence-electron chi connectivity index (χ0n) is 11.4. The van der Waals surface area contributed by atoms with Gasteiger partial charge in [0.1, 0.15) is 5.82 Å². The lowest BCUT2D eigenvalue weighted by molar-refractivity contribution is 0.629. The zero-order chi connectivity index (χ0) is 15.0. The molecule has 0 aliphatic carbocycles. The van der Waals surface area contributed by atoms with Crippen molar-refractivity contribution >= 4 is 40.3 Å². The Hall–Kier alpha value is -1.65. The van der Waals surface area contributed by atoms with Crippen LogP contribution < -0.4 is 10.2 Å². The molecule has 5 heteroatoms. The molecule has 0 saturated heterocycles. The lowest BCUT2D eigenvalue weighted by atomic mass is 10.1. The number of halogens is 2. The highest BCUT2D eigenvalue weighted by molar-refractivity contribution is 7.80. The number of thiocarbonyl (C=S) groups is 1. The molecular formula is C16H14ClFN2S. The Balaban J connectivity index is 1.84. The Labute approximate surface area is 133 Å². The summed E-state index contributed by atoms with van der Waals surface area (Å²) in [7, 11) is 0. The van der Waals surface area contributed by atoms with E-state index in [9.17, 15) is 4.39 Å². The third-order valence-corrected chi connectivity index (χ3v) is 4.20. The van der Waals surface area contributed by atoms with Gasteiger partial charge in [0.2, 0.25) is 0 Å². The Morgan fingerprint density at radius 3 is 2.86 bits per heavy atom. The third kappa shape index (κ3) is 2.74. The third-order valence-electron chi connectivity index (χ3n) is 3.60. The van der Waals surface area contributed by atoms with E-state index in [0.29, 0.717) is 10.8 Å². The summed E-state index contributed by atoms with van der Waals surface area (Å²) >= 11 is 11.2. The summed E-state index contributed by atoms with van der Waals surface area (Å²) < 4.78 is 13.5. The van der Waals surface area contributed by atoms with Crippen molar-refractivity contribution in [2.45, 2.75) is 19.4 Å². The molecule has 0 radical (unpaired) electrons. The minimum absolute atomic E-state index is 0.103. The average molecular weight is 321 g/mol. The van der Waals surface area contributed by atoms with Gasteiger partial charge < -0.3 is 10.2 Å². The quantitative estimate of drug-likeness (QED) is 0.771. The SMILES string of the molecule is C[C@@H]1Cc2ccccc2N1C(=S)Nc1ccc(Cl)c(F)c1. The minimum atomic E-state index is -0.459. The largest absolute Gasteiger partial charge is 0.332 e. The lowest BCUT2D eigenvalue weighted by Crippen LogP contribution is -2.38. The van der Waals surface area contributed by atoms with Crippen molar-refractivity contribution in [3.8, 4) is 0 Å². The summed E-state index contributed by atoms with van der Waals surface area (Å²) in [4.78, 5) is 2.07. The van der Waals surface area contributed by atoms with Crippen LogP contribution in [-0.2, 0) is 6.42 Å². The lowest BCUT2D eigenvalue weighted by Gasteiger charge is -2.26. The van der Waals surface area contributed by atoms with Gasteiger partial charge in [-0.3, -0.25) is 0 Å². The molecule has 108 valence electrons. The van der Waals surface area contributed by atoms with Crippen molar-refractivity contribution in [1.29, 1.82) is 0 Å². The minimum Gasteiger partial charge on any atom is -0.332 e. The van der Waals surface area contributed by atoms with Crippen LogP contribution >= 0.6 is 23.8 Å². The predicted molar refractivity (Wildman–Crippen MR) is 89.7 cm³/mol. The van der Waals surface area contributed by atoms with Crippen LogP contribution in [0.15, 0.2) is 42.5 Å². The summed E-state index contributed by atoms with van der Waals surface area (Å²) in [6.45, 7) is 2.12. The Morgan fingerprint density at radius 1 is 1.33 bits per heavy atom. The number of nitrogens with one attached hydrogen (secondary N) is 1. The van der Waals surface area contributed by atoms with Crippen molar-refractivity contribution in [3.63, 3.8) is 0 Å². The Bertz CT molecular complexity index is 704. The van der Waals surface area contributed by atoms with Crippen molar-refractivity contribution in [2.75, 3.05) is 10.2 Å². The maximum atomic E-state index is 13.5. The van der Waals surface area contributed by atoms with E-state index in [-0.39, 0.29) is 11.1 Å². The van der Waals surface area contributed by atoms with Crippen LogP contribution in [0.5, 0.6) is 0 Å². The molecule has 21 heavy (non-hydrogen) atoms. The van der Waals surface area contributed by atoms with Crippen molar-refractivity contribution in [1.82, 2.24) is 0 Å². The van der Waals surface area contributed by atoms with Gasteiger partial charge >= 0.3 is 0 Å². The van der Waals surface area contributed by atoms with E-state index in [4.69, 9.17) is 23.8 Å². The number of hydrogen-bond donors (Lipinski definition) is 1. The van der Waals surface area contributed by atoms with E-state index in [0.717, 1.165) is 12.1 Å². The van der Waals surface area contributed by atoms with Crippen LogP contribution in [0.4, 0.5) is 15.8 Å². The van der Waals surface area contributed by atoms with E-state index in [1.54, 1.807) is 6.07 Å². The molecule has 2 nitrogen and oxygen atoms in total. The molecule has 0 amide bonds. The van der Waals surface area contributed by atoms with Crippen LogP contribution in [0.2, 0.25) is 5.02 Å². The van der Waals surface area contributed by atoms with Gasteiger partial charge in [0.05, 0.1) is 5.02 Å². The topological polar surface area (TPSA) is 15.3 Å². The van der Waals surface area contributed by atoms with Gasteiger partial charge in [-0.25, -0.2) is 4.39 Å². The number of hydrogen-bond acceptors (Lipinski definition) is 1. The fourth-order valence-electron chi connectivity index (χ4n) is 2.63. The second-order valence-electron chi connectivity index (χ2n) is 5.11. The number of rotatable bonds is 1. The molecule has 0 aromatic heterocycles. The second kappa shape index (κ2) is 5.62. The van der Waals surface area contributed by atoms with Gasteiger partial charge in [-0.05, 0) is 55.4 Å². The molecule has 1 atom stereocenters. The molecule has 1 heterocycles. The number of benzene rings is 2. The molecule has 0 unspecified atom stereocenters. The van der Waals surface area contributed by atoms with Gasteiger partial charge in [-0.1, -0.05) is 29.8 Å². The van der Waals surface area contributed by atoms with E-state index in [2.05, 4.69) is 29.3 Å². The first-order valence-electron chi connectivity index (χ1n) is 6.69. The van der Waals surface area contributed by atoms with Gasteiger partial charge in [-0.15, -0.1) is 0 Å². The molecule has 0 bridgehead atoms. The highest BCUT2D eigenvalue weighted by Crippen LogP contribution is 2.32. The maximum Gasteiger partial charge on any atom is 0.178 e. The normalized spacial score (nSPS) is 16.7. The molecule has 1 N–H and O–H groups in total. The summed E-state index contributed by atoms with van der Waals surface area (Å²) in [5, 5.41) is 3.75. The highest BCUT2D eigenvalue weighted by Gasteiger charge is 2.28. The predicted octanol–water partition coefficient (Wildman–Crippen LogP) is 4.63. The fourth-order valence-corrected chi connectivity index (χ4v) is 3.15. The number of nitrogens with zero attached hydrogens (tertiary/aromatic N) is 1. The van der Waals surface area contributed by atoms with Crippen molar-refractivity contribution in [2.24, 2.45) is 0 Å². The van der Waals surface area contributed by atoms with Crippen molar-refractivity contribution < 1.29 is 4.39 Å². The summed E-state index contributed by atoms with van der Waals surface area (Å²) in [6.07, 6.45) is 0.951. The molecule has 0 fully saturated rings. The molecule has 2 aromatic carbocycles. The number of anilines is 2. The van der Waals surface area contributed by atoms with Crippen LogP contribution in [0, 0.1) is 5.82 Å². The van der Waals surface area contributed by atoms with E-state index < -0.39 is 5.82 Å². The van der Waals surface area contributed by atoms with Crippen LogP contribution in [-0.4, -0.2) is 11.2 Å². The second-order valence-corrected chi connectivity index (χ2v) is 5.90. The van der Waals surface area contributed by atoms with E-state index in [1.807, 2.05) is 12.1 Å². The standard InChI is InChI=1S/C16H14ClFN2S/c1-10-8-11-4-2-3-5-15(11)20(10)16(21)19-12-6-7-13(17)14(18)9-12/h2-7,9-10H,8H2,1H3,(H,19,21)/t10-/m1/s1. The van der Waals surface area contributed by atoms with Crippen molar-refractivity contribution in [3.05, 3.63) is 58.9 Å². The van der Waals surface area contributed by atoms with E-state index >= 15 is 0 Å².